The van der Waals surface area contributed by atoms with E-state index in [9.17, 15) is 0 Å². The Labute approximate surface area is 103 Å². The molecule has 0 saturated carbocycles. The Balaban J connectivity index is 2.54. The highest BCUT2D eigenvalue weighted by molar-refractivity contribution is 7.80. The topological polar surface area (TPSA) is 29.3 Å². The summed E-state index contributed by atoms with van der Waals surface area (Å²) in [5, 5.41) is 0. The predicted octanol–water partition coefficient (Wildman–Crippen LogP) is 2.43. The van der Waals surface area contributed by atoms with Crippen LogP contribution in [0.15, 0.2) is 30.3 Å². The summed E-state index contributed by atoms with van der Waals surface area (Å²) in [5.74, 6) is 0. The fraction of sp³-hybridized carbons (Fsp3) is 0.462. The molecule has 3 heteroatoms. The van der Waals surface area contributed by atoms with Gasteiger partial charge in [-0.25, -0.2) is 0 Å². The van der Waals surface area contributed by atoms with E-state index in [-0.39, 0.29) is 5.41 Å². The van der Waals surface area contributed by atoms with Crippen molar-refractivity contribution in [2.24, 2.45) is 11.1 Å². The molecule has 1 aromatic carbocycles. The second kappa shape index (κ2) is 5.41. The maximum absolute atomic E-state index is 5.72. The van der Waals surface area contributed by atoms with E-state index in [1.54, 1.807) is 0 Å². The Hall–Kier alpha value is -0.930. The van der Waals surface area contributed by atoms with Gasteiger partial charge in [-0.1, -0.05) is 56.4 Å². The zero-order chi connectivity index (χ0) is 12.2. The van der Waals surface area contributed by atoms with Crippen LogP contribution in [0.4, 0.5) is 0 Å². The molecule has 1 aromatic rings. The molecule has 0 spiro atoms. The van der Waals surface area contributed by atoms with Crippen LogP contribution in [-0.2, 0) is 6.54 Å². The van der Waals surface area contributed by atoms with Gasteiger partial charge in [-0.2, -0.15) is 0 Å². The van der Waals surface area contributed by atoms with Gasteiger partial charge >= 0.3 is 0 Å². The van der Waals surface area contributed by atoms with Crippen molar-refractivity contribution in [2.45, 2.75) is 20.4 Å². The Bertz CT molecular complexity index is 346. The molecule has 0 fully saturated rings. The Morgan fingerprint density at radius 2 is 1.88 bits per heavy atom. The number of benzene rings is 1. The average molecular weight is 236 g/mol. The van der Waals surface area contributed by atoms with Crippen molar-refractivity contribution in [2.75, 3.05) is 13.6 Å². The largest absolute Gasteiger partial charge is 0.393 e. The second-order valence-electron chi connectivity index (χ2n) is 4.91. The van der Waals surface area contributed by atoms with Crippen molar-refractivity contribution < 1.29 is 0 Å². The van der Waals surface area contributed by atoms with E-state index < -0.39 is 0 Å². The van der Waals surface area contributed by atoms with Crippen LogP contribution in [0.2, 0.25) is 0 Å². The SMILES string of the molecule is CN(Cc1ccccc1)CC(C)(C)C(N)=S. The van der Waals surface area contributed by atoms with E-state index >= 15 is 0 Å². The molecule has 0 unspecified atom stereocenters. The first kappa shape index (κ1) is 13.1. The van der Waals surface area contributed by atoms with Gasteiger partial charge in [0.05, 0.1) is 4.99 Å². The molecule has 0 aromatic heterocycles. The number of rotatable bonds is 5. The molecule has 0 bridgehead atoms. The van der Waals surface area contributed by atoms with Crippen LogP contribution < -0.4 is 5.73 Å². The van der Waals surface area contributed by atoms with Crippen LogP contribution in [-0.4, -0.2) is 23.5 Å². The fourth-order valence-corrected chi connectivity index (χ4v) is 1.77. The van der Waals surface area contributed by atoms with Crippen LogP contribution in [0.25, 0.3) is 0 Å². The summed E-state index contributed by atoms with van der Waals surface area (Å²) in [5.41, 5.74) is 6.91. The van der Waals surface area contributed by atoms with Gasteiger partial charge in [0.25, 0.3) is 0 Å². The summed E-state index contributed by atoms with van der Waals surface area (Å²) in [6.07, 6.45) is 0. The first-order valence-electron chi connectivity index (χ1n) is 5.44. The molecule has 2 nitrogen and oxygen atoms in total. The summed E-state index contributed by atoms with van der Waals surface area (Å²) in [6.45, 7) is 5.96. The molecule has 0 heterocycles. The van der Waals surface area contributed by atoms with Gasteiger partial charge in [-0.3, -0.25) is 0 Å². The highest BCUT2D eigenvalue weighted by Crippen LogP contribution is 2.17. The summed E-state index contributed by atoms with van der Waals surface area (Å²) in [4.78, 5) is 2.82. The minimum atomic E-state index is -0.112. The van der Waals surface area contributed by atoms with E-state index in [0.717, 1.165) is 13.1 Å². The lowest BCUT2D eigenvalue weighted by atomic mass is 9.93. The van der Waals surface area contributed by atoms with Crippen LogP contribution >= 0.6 is 12.2 Å². The molecule has 0 aliphatic heterocycles. The first-order valence-corrected chi connectivity index (χ1v) is 5.85. The van der Waals surface area contributed by atoms with E-state index in [4.69, 9.17) is 18.0 Å². The molecule has 0 saturated heterocycles. The molecular weight excluding hydrogens is 216 g/mol. The fourth-order valence-electron chi connectivity index (χ4n) is 1.70. The van der Waals surface area contributed by atoms with Crippen molar-refractivity contribution in [3.05, 3.63) is 35.9 Å². The zero-order valence-electron chi connectivity index (χ0n) is 10.2. The standard InChI is InChI=1S/C13H20N2S/c1-13(2,12(14)16)10-15(3)9-11-7-5-4-6-8-11/h4-8H,9-10H2,1-3H3,(H2,14,16). The lowest BCUT2D eigenvalue weighted by Crippen LogP contribution is -2.39. The quantitative estimate of drug-likeness (QED) is 0.796. The Morgan fingerprint density at radius 3 is 2.38 bits per heavy atom. The van der Waals surface area contributed by atoms with Crippen LogP contribution in [0.3, 0.4) is 0 Å². The molecule has 88 valence electrons. The van der Waals surface area contributed by atoms with Gasteiger partial charge in [0.15, 0.2) is 0 Å². The van der Waals surface area contributed by atoms with E-state index in [0.29, 0.717) is 4.99 Å². The molecular formula is C13H20N2S. The highest BCUT2D eigenvalue weighted by Gasteiger charge is 2.23. The minimum Gasteiger partial charge on any atom is -0.393 e. The lowest BCUT2D eigenvalue weighted by molar-refractivity contribution is 0.257. The van der Waals surface area contributed by atoms with E-state index in [1.165, 1.54) is 5.56 Å². The molecule has 16 heavy (non-hydrogen) atoms. The summed E-state index contributed by atoms with van der Waals surface area (Å²) in [7, 11) is 2.09. The molecule has 1 rings (SSSR count). The number of thiocarbonyl (C=S) groups is 1. The summed E-state index contributed by atoms with van der Waals surface area (Å²) in [6, 6.07) is 10.4. The normalized spacial score (nSPS) is 11.8. The van der Waals surface area contributed by atoms with Crippen LogP contribution in [0.1, 0.15) is 19.4 Å². The van der Waals surface area contributed by atoms with Gasteiger partial charge in [-0.15, -0.1) is 0 Å². The Morgan fingerprint density at radius 1 is 1.31 bits per heavy atom. The summed E-state index contributed by atoms with van der Waals surface area (Å²) < 4.78 is 0. The van der Waals surface area contributed by atoms with Gasteiger partial charge in [-0.05, 0) is 12.6 Å². The molecule has 0 atom stereocenters. The molecule has 2 N–H and O–H groups in total. The smallest absolute Gasteiger partial charge is 0.0797 e. The Kier molecular flexibility index (Phi) is 4.44. The molecule has 0 aliphatic carbocycles. The van der Waals surface area contributed by atoms with Crippen molar-refractivity contribution in [3.63, 3.8) is 0 Å². The number of hydrogen-bond donors (Lipinski definition) is 1. The van der Waals surface area contributed by atoms with E-state index in [1.807, 2.05) is 6.07 Å². The van der Waals surface area contributed by atoms with Crippen molar-refractivity contribution in [1.29, 1.82) is 0 Å². The van der Waals surface area contributed by atoms with Crippen molar-refractivity contribution >= 4 is 17.2 Å². The highest BCUT2D eigenvalue weighted by atomic mass is 32.1. The third kappa shape index (κ3) is 3.91. The molecule has 0 aliphatic rings. The summed E-state index contributed by atoms with van der Waals surface area (Å²) >= 11 is 5.07. The minimum absolute atomic E-state index is 0.112. The zero-order valence-corrected chi connectivity index (χ0v) is 11.1. The maximum Gasteiger partial charge on any atom is 0.0797 e. The number of hydrogen-bond acceptors (Lipinski definition) is 2. The number of nitrogens with zero attached hydrogens (tertiary/aromatic N) is 1. The van der Waals surface area contributed by atoms with Crippen LogP contribution in [0.5, 0.6) is 0 Å². The van der Waals surface area contributed by atoms with Gasteiger partial charge in [0.1, 0.15) is 0 Å². The van der Waals surface area contributed by atoms with Crippen molar-refractivity contribution in [3.8, 4) is 0 Å². The monoisotopic (exact) mass is 236 g/mol. The van der Waals surface area contributed by atoms with E-state index in [2.05, 4.69) is 50.1 Å². The van der Waals surface area contributed by atoms with Gasteiger partial charge in [0, 0.05) is 18.5 Å². The second-order valence-corrected chi connectivity index (χ2v) is 5.35. The van der Waals surface area contributed by atoms with Crippen LogP contribution in [0, 0.1) is 5.41 Å². The lowest BCUT2D eigenvalue weighted by Gasteiger charge is -2.29. The molecule has 0 radical (unpaired) electrons. The first-order chi connectivity index (χ1) is 7.42. The van der Waals surface area contributed by atoms with Crippen molar-refractivity contribution in [1.82, 2.24) is 4.90 Å². The maximum atomic E-state index is 5.72. The predicted molar refractivity (Wildman–Crippen MR) is 73.3 cm³/mol. The molecule has 0 amide bonds. The number of nitrogens with two attached hydrogens (primary N) is 1. The third-order valence-corrected chi connectivity index (χ3v) is 3.18. The average Bonchev–Trinajstić information content (AvgIpc) is 2.17. The third-order valence-electron chi connectivity index (χ3n) is 2.63. The van der Waals surface area contributed by atoms with Gasteiger partial charge in [0.2, 0.25) is 0 Å². The van der Waals surface area contributed by atoms with Gasteiger partial charge < -0.3 is 10.6 Å².